The Morgan fingerprint density at radius 1 is 1.06 bits per heavy atom. The quantitative estimate of drug-likeness (QED) is 0.557. The number of ether oxygens (including phenoxy) is 3. The van der Waals surface area contributed by atoms with Gasteiger partial charge in [-0.2, -0.15) is 4.31 Å². The number of rotatable bonds is 6. The van der Waals surface area contributed by atoms with Gasteiger partial charge in [0.2, 0.25) is 10.0 Å². The van der Waals surface area contributed by atoms with Crippen molar-refractivity contribution in [1.29, 1.82) is 0 Å². The van der Waals surface area contributed by atoms with Crippen LogP contribution in [0.25, 0.3) is 0 Å². The second kappa shape index (κ2) is 10.1. The number of fused-ring (bicyclic) bond motifs is 1. The molecule has 1 aromatic carbocycles. The lowest BCUT2D eigenvalue weighted by atomic mass is 10.3. The minimum absolute atomic E-state index is 0.0304. The molecule has 176 valence electrons. The molecule has 0 aliphatic carbocycles. The fraction of sp³-hybridized carbons (Fsp3) is 0.381. The van der Waals surface area contributed by atoms with Gasteiger partial charge in [-0.25, -0.2) is 8.42 Å². The van der Waals surface area contributed by atoms with Gasteiger partial charge in [0.15, 0.2) is 11.5 Å². The Morgan fingerprint density at radius 3 is 2.64 bits per heavy atom. The minimum atomic E-state index is -3.95. The van der Waals surface area contributed by atoms with E-state index in [0.29, 0.717) is 37.7 Å². The SMILES string of the molecule is O=C(NCc1cccnc1)C(=O)NC[C@H]1OCCCN1S(=O)(=O)c1ccc2c(c1)OCCO2. The Balaban J connectivity index is 1.38. The Labute approximate surface area is 191 Å². The number of nitrogens with zero attached hydrogens (tertiary/aromatic N) is 2. The summed E-state index contributed by atoms with van der Waals surface area (Å²) in [6.45, 7) is 1.25. The number of amides is 2. The predicted molar refractivity (Wildman–Crippen MR) is 115 cm³/mol. The second-order valence-corrected chi connectivity index (χ2v) is 9.24. The van der Waals surface area contributed by atoms with Gasteiger partial charge in [0.1, 0.15) is 19.4 Å². The first-order valence-electron chi connectivity index (χ1n) is 10.4. The van der Waals surface area contributed by atoms with E-state index in [1.807, 2.05) is 0 Å². The van der Waals surface area contributed by atoms with E-state index in [1.54, 1.807) is 30.6 Å². The van der Waals surface area contributed by atoms with Gasteiger partial charge in [0.25, 0.3) is 0 Å². The van der Waals surface area contributed by atoms with Gasteiger partial charge in [0, 0.05) is 31.5 Å². The van der Waals surface area contributed by atoms with Gasteiger partial charge in [-0.15, -0.1) is 0 Å². The maximum Gasteiger partial charge on any atom is 0.309 e. The molecule has 2 aliphatic rings. The van der Waals surface area contributed by atoms with Crippen LogP contribution in [-0.4, -0.2) is 68.7 Å². The molecule has 2 N–H and O–H groups in total. The average molecular weight is 477 g/mol. The van der Waals surface area contributed by atoms with Gasteiger partial charge >= 0.3 is 11.8 Å². The number of aromatic nitrogens is 1. The first-order chi connectivity index (χ1) is 15.9. The molecule has 0 bridgehead atoms. The Bertz CT molecular complexity index is 1110. The zero-order chi connectivity index (χ0) is 23.3. The molecular formula is C21H24N4O7S. The van der Waals surface area contributed by atoms with Crippen molar-refractivity contribution < 1.29 is 32.2 Å². The van der Waals surface area contributed by atoms with Crippen LogP contribution in [0.2, 0.25) is 0 Å². The van der Waals surface area contributed by atoms with E-state index >= 15 is 0 Å². The van der Waals surface area contributed by atoms with Gasteiger partial charge in [-0.3, -0.25) is 14.6 Å². The minimum Gasteiger partial charge on any atom is -0.486 e. The summed E-state index contributed by atoms with van der Waals surface area (Å²) >= 11 is 0. The standard InChI is InChI=1S/C21H24N4O7S/c26-20(23-13-15-3-1-6-22-12-15)21(27)24-14-19-25(7-2-8-32-19)33(28,29)16-4-5-17-18(11-16)31-10-9-30-17/h1,3-6,11-12,19H,2,7-10,13-14H2,(H,23,26)(H,24,27)/t19-/m1/s1. The first-order valence-corrected chi connectivity index (χ1v) is 11.9. The third kappa shape index (κ3) is 5.41. The third-order valence-corrected chi connectivity index (χ3v) is 6.98. The highest BCUT2D eigenvalue weighted by molar-refractivity contribution is 7.89. The van der Waals surface area contributed by atoms with Crippen LogP contribution in [0.5, 0.6) is 11.5 Å². The molecule has 0 spiro atoms. The van der Waals surface area contributed by atoms with Crippen molar-refractivity contribution in [3.05, 3.63) is 48.3 Å². The van der Waals surface area contributed by atoms with Crippen LogP contribution in [0, 0.1) is 0 Å². The Kier molecular flexibility index (Phi) is 7.06. The zero-order valence-corrected chi connectivity index (χ0v) is 18.5. The van der Waals surface area contributed by atoms with E-state index in [9.17, 15) is 18.0 Å². The molecule has 1 saturated heterocycles. The molecular weight excluding hydrogens is 452 g/mol. The van der Waals surface area contributed by atoms with E-state index in [4.69, 9.17) is 14.2 Å². The first kappa shape index (κ1) is 23.0. The number of pyridine rings is 1. The maximum absolute atomic E-state index is 13.3. The molecule has 2 aromatic rings. The largest absolute Gasteiger partial charge is 0.486 e. The van der Waals surface area contributed by atoms with Crippen molar-refractivity contribution in [2.75, 3.05) is 32.9 Å². The molecule has 2 aliphatic heterocycles. The number of hydrogen-bond acceptors (Lipinski definition) is 8. The lowest BCUT2D eigenvalue weighted by Gasteiger charge is -2.34. The number of sulfonamides is 1. The van der Waals surface area contributed by atoms with Crippen molar-refractivity contribution in [1.82, 2.24) is 19.9 Å². The van der Waals surface area contributed by atoms with Gasteiger partial charge < -0.3 is 24.8 Å². The normalized spacial score (nSPS) is 18.4. The highest BCUT2D eigenvalue weighted by Gasteiger charge is 2.35. The summed E-state index contributed by atoms with van der Waals surface area (Å²) in [5, 5.41) is 4.94. The summed E-state index contributed by atoms with van der Waals surface area (Å²) < 4.78 is 44.3. The topological polar surface area (TPSA) is 136 Å². The van der Waals surface area contributed by atoms with E-state index in [-0.39, 0.29) is 24.5 Å². The lowest BCUT2D eigenvalue weighted by molar-refractivity contribution is -0.140. The van der Waals surface area contributed by atoms with Gasteiger partial charge in [0.05, 0.1) is 18.0 Å². The van der Waals surface area contributed by atoms with Crippen LogP contribution in [0.1, 0.15) is 12.0 Å². The zero-order valence-electron chi connectivity index (χ0n) is 17.7. The Morgan fingerprint density at radius 2 is 1.85 bits per heavy atom. The van der Waals surface area contributed by atoms with Crippen LogP contribution in [0.3, 0.4) is 0 Å². The van der Waals surface area contributed by atoms with Crippen LogP contribution in [0.15, 0.2) is 47.6 Å². The molecule has 1 aromatic heterocycles. The van der Waals surface area contributed by atoms with Gasteiger partial charge in [-0.05, 0) is 30.2 Å². The molecule has 0 saturated carbocycles. The number of carbonyl (C=O) groups excluding carboxylic acids is 2. The van der Waals surface area contributed by atoms with E-state index in [0.717, 1.165) is 5.56 Å². The highest BCUT2D eigenvalue weighted by Crippen LogP contribution is 2.34. The summed E-state index contributed by atoms with van der Waals surface area (Å²) in [4.78, 5) is 28.3. The summed E-state index contributed by atoms with van der Waals surface area (Å²) in [5.41, 5.74) is 0.742. The molecule has 1 fully saturated rings. The summed E-state index contributed by atoms with van der Waals surface area (Å²) in [6.07, 6.45) is 2.73. The molecule has 12 heteroatoms. The van der Waals surface area contributed by atoms with E-state index in [1.165, 1.54) is 16.4 Å². The fourth-order valence-corrected chi connectivity index (χ4v) is 5.03. The van der Waals surface area contributed by atoms with Crippen LogP contribution in [-0.2, 0) is 30.9 Å². The van der Waals surface area contributed by atoms with Crippen molar-refractivity contribution in [3.63, 3.8) is 0 Å². The average Bonchev–Trinajstić information content (AvgIpc) is 2.86. The van der Waals surface area contributed by atoms with Gasteiger partial charge in [-0.1, -0.05) is 6.07 Å². The van der Waals surface area contributed by atoms with Crippen molar-refractivity contribution in [2.24, 2.45) is 0 Å². The summed E-state index contributed by atoms with van der Waals surface area (Å²) in [7, 11) is -3.95. The summed E-state index contributed by atoms with van der Waals surface area (Å²) in [6, 6.07) is 7.90. The highest BCUT2D eigenvalue weighted by atomic mass is 32.2. The number of benzene rings is 1. The van der Waals surface area contributed by atoms with Crippen LogP contribution in [0.4, 0.5) is 0 Å². The van der Waals surface area contributed by atoms with E-state index < -0.39 is 28.1 Å². The third-order valence-electron chi connectivity index (χ3n) is 5.09. The Hall–Kier alpha value is -3.22. The summed E-state index contributed by atoms with van der Waals surface area (Å²) in [5.74, 6) is -0.882. The number of carbonyl (C=O) groups is 2. The molecule has 11 nitrogen and oxygen atoms in total. The molecule has 1 atom stereocenters. The lowest BCUT2D eigenvalue weighted by Crippen LogP contribution is -2.53. The molecule has 0 unspecified atom stereocenters. The molecule has 0 radical (unpaired) electrons. The number of nitrogens with one attached hydrogen (secondary N) is 2. The molecule has 3 heterocycles. The fourth-order valence-electron chi connectivity index (χ4n) is 3.45. The monoisotopic (exact) mass is 476 g/mol. The molecule has 2 amide bonds. The molecule has 4 rings (SSSR count). The van der Waals surface area contributed by atoms with Crippen molar-refractivity contribution >= 4 is 21.8 Å². The van der Waals surface area contributed by atoms with E-state index in [2.05, 4.69) is 15.6 Å². The number of hydrogen-bond donors (Lipinski definition) is 2. The second-order valence-electron chi connectivity index (χ2n) is 7.35. The molecule has 33 heavy (non-hydrogen) atoms. The van der Waals surface area contributed by atoms with Crippen molar-refractivity contribution in [3.8, 4) is 11.5 Å². The predicted octanol–water partition coefficient (Wildman–Crippen LogP) is 0.0225. The van der Waals surface area contributed by atoms with Crippen LogP contribution < -0.4 is 20.1 Å². The van der Waals surface area contributed by atoms with Crippen LogP contribution >= 0.6 is 0 Å². The maximum atomic E-state index is 13.3. The van der Waals surface area contributed by atoms with Crippen molar-refractivity contribution in [2.45, 2.75) is 24.1 Å². The smallest absolute Gasteiger partial charge is 0.309 e.